The van der Waals surface area contributed by atoms with Gasteiger partial charge in [0.1, 0.15) is 6.61 Å². The Hall–Kier alpha value is -1.77. The van der Waals surface area contributed by atoms with Crippen molar-refractivity contribution in [3.63, 3.8) is 0 Å². The van der Waals surface area contributed by atoms with Gasteiger partial charge in [0.25, 0.3) is 0 Å². The summed E-state index contributed by atoms with van der Waals surface area (Å²) in [6.45, 7) is 9.13. The van der Waals surface area contributed by atoms with Crippen LogP contribution in [0, 0.1) is 17.3 Å². The Morgan fingerprint density at radius 3 is 2.67 bits per heavy atom. The van der Waals surface area contributed by atoms with Gasteiger partial charge in [-0.2, -0.15) is 0 Å². The highest BCUT2D eigenvalue weighted by Gasteiger charge is 2.54. The third kappa shape index (κ3) is 2.57. The first-order valence-electron chi connectivity index (χ1n) is 7.64. The molecule has 4 rings (SSSR count). The van der Waals surface area contributed by atoms with Crippen molar-refractivity contribution in [2.24, 2.45) is 17.3 Å². The highest BCUT2D eigenvalue weighted by Crippen LogP contribution is 2.60. The molecule has 1 aromatic rings. The van der Waals surface area contributed by atoms with Crippen LogP contribution in [0.2, 0.25) is 0 Å². The van der Waals surface area contributed by atoms with Crippen LogP contribution in [0.25, 0.3) is 0 Å². The minimum Gasteiger partial charge on any atom is -0.445 e. The Morgan fingerprint density at radius 2 is 2.05 bits per heavy atom. The zero-order valence-corrected chi connectivity index (χ0v) is 12.8. The Kier molecular flexibility index (Phi) is 3.52. The van der Waals surface area contributed by atoms with Crippen molar-refractivity contribution in [3.05, 3.63) is 48.0 Å². The van der Waals surface area contributed by atoms with E-state index in [9.17, 15) is 4.79 Å². The van der Waals surface area contributed by atoms with E-state index >= 15 is 0 Å². The molecule has 21 heavy (non-hydrogen) atoms. The predicted octanol–water partition coefficient (Wildman–Crippen LogP) is 3.90. The summed E-state index contributed by atoms with van der Waals surface area (Å²) in [5, 5.41) is 2.98. The minimum atomic E-state index is -0.343. The number of alkyl carbamates (subject to hydrolysis) is 1. The molecular formula is C18H23NO2. The number of nitrogens with one attached hydrogen (secondary N) is 1. The van der Waals surface area contributed by atoms with Crippen LogP contribution in [-0.4, -0.2) is 12.1 Å². The van der Waals surface area contributed by atoms with Gasteiger partial charge in [-0.15, -0.1) is 0 Å². The van der Waals surface area contributed by atoms with Gasteiger partial charge in [0.2, 0.25) is 0 Å². The van der Waals surface area contributed by atoms with Crippen molar-refractivity contribution in [1.82, 2.24) is 5.32 Å². The van der Waals surface area contributed by atoms with E-state index in [1.165, 1.54) is 12.0 Å². The quantitative estimate of drug-likeness (QED) is 0.855. The van der Waals surface area contributed by atoms with E-state index in [1.807, 2.05) is 30.3 Å². The number of ether oxygens (including phenoxy) is 1. The van der Waals surface area contributed by atoms with Gasteiger partial charge in [0.15, 0.2) is 0 Å². The summed E-state index contributed by atoms with van der Waals surface area (Å²) in [4.78, 5) is 11.9. The lowest BCUT2D eigenvalue weighted by molar-refractivity contribution is -0.0381. The van der Waals surface area contributed by atoms with Crippen LogP contribution in [0.1, 0.15) is 32.3 Å². The molecule has 0 radical (unpaired) electrons. The van der Waals surface area contributed by atoms with Crippen LogP contribution >= 0.6 is 0 Å². The first-order chi connectivity index (χ1) is 9.98. The Bertz CT molecular complexity index is 550. The lowest BCUT2D eigenvalue weighted by Crippen LogP contribution is -2.57. The number of benzene rings is 1. The molecule has 3 fully saturated rings. The van der Waals surface area contributed by atoms with Gasteiger partial charge in [-0.1, -0.05) is 56.3 Å². The van der Waals surface area contributed by atoms with Gasteiger partial charge < -0.3 is 10.1 Å². The van der Waals surface area contributed by atoms with Crippen molar-refractivity contribution >= 4 is 6.09 Å². The number of carbonyl (C=O) groups excluding carboxylic acids is 1. The number of amides is 1. The molecule has 3 saturated carbocycles. The van der Waals surface area contributed by atoms with Gasteiger partial charge in [0.05, 0.1) is 6.04 Å². The molecule has 3 nitrogen and oxygen atoms in total. The predicted molar refractivity (Wildman–Crippen MR) is 82.7 cm³/mol. The highest BCUT2D eigenvalue weighted by molar-refractivity contribution is 5.68. The number of rotatable bonds is 3. The molecule has 112 valence electrons. The van der Waals surface area contributed by atoms with Gasteiger partial charge in [-0.3, -0.25) is 0 Å². The molecule has 1 aromatic carbocycles. The Morgan fingerprint density at radius 1 is 1.33 bits per heavy atom. The molecule has 0 aromatic heterocycles. The molecule has 0 heterocycles. The third-order valence-corrected chi connectivity index (χ3v) is 5.39. The first kappa shape index (κ1) is 14.2. The van der Waals surface area contributed by atoms with Crippen LogP contribution in [0.4, 0.5) is 4.79 Å². The standard InChI is InChI=1S/C18H23NO2/c1-12-15-9-14(18(15,2)3)10-16(12)19-17(20)21-11-13-7-5-4-6-8-13/h4-8,14-16H,1,9-11H2,2-3H3,(H,19,20)/t14-,15+,16+/m1/s1. The van der Waals surface area contributed by atoms with E-state index in [4.69, 9.17) is 4.74 Å². The summed E-state index contributed by atoms with van der Waals surface area (Å²) < 4.78 is 5.29. The molecule has 3 aliphatic rings. The Labute approximate surface area is 126 Å². The maximum Gasteiger partial charge on any atom is 0.407 e. The maximum absolute atomic E-state index is 11.9. The summed E-state index contributed by atoms with van der Waals surface area (Å²) in [6.07, 6.45) is 1.87. The summed E-state index contributed by atoms with van der Waals surface area (Å²) in [6, 6.07) is 9.80. The summed E-state index contributed by atoms with van der Waals surface area (Å²) >= 11 is 0. The maximum atomic E-state index is 11.9. The van der Waals surface area contributed by atoms with Crippen molar-refractivity contribution < 1.29 is 9.53 Å². The molecule has 3 heteroatoms. The second-order valence-corrected chi connectivity index (χ2v) is 6.88. The number of fused-ring (bicyclic) bond motifs is 2. The van der Waals surface area contributed by atoms with E-state index in [-0.39, 0.29) is 12.1 Å². The molecule has 2 bridgehead atoms. The molecule has 0 saturated heterocycles. The Balaban J connectivity index is 1.51. The van der Waals surface area contributed by atoms with E-state index < -0.39 is 0 Å². The zero-order chi connectivity index (χ0) is 15.0. The summed E-state index contributed by atoms with van der Waals surface area (Å²) in [5.41, 5.74) is 2.52. The second-order valence-electron chi connectivity index (χ2n) is 6.88. The normalized spacial score (nSPS) is 29.4. The number of hydrogen-bond donors (Lipinski definition) is 1. The van der Waals surface area contributed by atoms with Gasteiger partial charge in [-0.05, 0) is 35.7 Å². The molecule has 3 aliphatic carbocycles. The average molecular weight is 285 g/mol. The largest absolute Gasteiger partial charge is 0.445 e. The van der Waals surface area contributed by atoms with Crippen LogP contribution in [0.15, 0.2) is 42.5 Å². The summed E-state index contributed by atoms with van der Waals surface area (Å²) in [5.74, 6) is 1.23. The van der Waals surface area contributed by atoms with Crippen LogP contribution < -0.4 is 5.32 Å². The van der Waals surface area contributed by atoms with Crippen molar-refractivity contribution in [3.8, 4) is 0 Å². The van der Waals surface area contributed by atoms with Crippen LogP contribution in [-0.2, 0) is 11.3 Å². The van der Waals surface area contributed by atoms with Crippen molar-refractivity contribution in [2.75, 3.05) is 0 Å². The van der Waals surface area contributed by atoms with Gasteiger partial charge >= 0.3 is 6.09 Å². The first-order valence-corrected chi connectivity index (χ1v) is 7.64. The zero-order valence-electron chi connectivity index (χ0n) is 12.8. The van der Waals surface area contributed by atoms with E-state index in [0.717, 1.165) is 12.0 Å². The third-order valence-electron chi connectivity index (χ3n) is 5.39. The smallest absolute Gasteiger partial charge is 0.407 e. The van der Waals surface area contributed by atoms with Gasteiger partial charge in [-0.25, -0.2) is 4.79 Å². The SMILES string of the molecule is C=C1[C@@H](NC(=O)OCc2ccccc2)C[C@H]2C[C@@H]1C2(C)C. The molecular weight excluding hydrogens is 262 g/mol. The molecule has 0 spiro atoms. The second kappa shape index (κ2) is 5.21. The minimum absolute atomic E-state index is 0.0741. The lowest BCUT2D eigenvalue weighted by atomic mass is 9.46. The fourth-order valence-corrected chi connectivity index (χ4v) is 3.78. The van der Waals surface area contributed by atoms with Crippen molar-refractivity contribution in [2.45, 2.75) is 39.3 Å². The molecule has 0 aliphatic heterocycles. The highest BCUT2D eigenvalue weighted by atomic mass is 16.5. The lowest BCUT2D eigenvalue weighted by Gasteiger charge is -2.59. The topological polar surface area (TPSA) is 38.3 Å². The van der Waals surface area contributed by atoms with E-state index in [1.54, 1.807) is 0 Å². The van der Waals surface area contributed by atoms with Gasteiger partial charge in [0, 0.05) is 0 Å². The molecule has 3 atom stereocenters. The van der Waals surface area contributed by atoms with E-state index in [2.05, 4.69) is 25.7 Å². The number of carbonyl (C=O) groups is 1. The van der Waals surface area contributed by atoms with Crippen molar-refractivity contribution in [1.29, 1.82) is 0 Å². The fraction of sp³-hybridized carbons (Fsp3) is 0.500. The fourth-order valence-electron chi connectivity index (χ4n) is 3.78. The number of hydrogen-bond acceptors (Lipinski definition) is 2. The average Bonchev–Trinajstić information content (AvgIpc) is 2.47. The van der Waals surface area contributed by atoms with Crippen LogP contribution in [0.3, 0.4) is 0 Å². The van der Waals surface area contributed by atoms with Crippen LogP contribution in [0.5, 0.6) is 0 Å². The van der Waals surface area contributed by atoms with E-state index in [0.29, 0.717) is 23.9 Å². The molecule has 0 unspecified atom stereocenters. The molecule has 1 amide bonds. The monoisotopic (exact) mass is 285 g/mol. The molecule has 1 N–H and O–H groups in total. The summed E-state index contributed by atoms with van der Waals surface area (Å²) in [7, 11) is 0.